The van der Waals surface area contributed by atoms with Crippen LogP contribution in [0.5, 0.6) is 5.75 Å². The normalized spacial score (nSPS) is 12.4. The molecule has 0 fully saturated rings. The number of hydrogen-bond donors (Lipinski definition) is 1. The average molecular weight is 261 g/mol. The van der Waals surface area contributed by atoms with Gasteiger partial charge >= 0.3 is 0 Å². The van der Waals surface area contributed by atoms with Crippen molar-refractivity contribution in [3.8, 4) is 17.1 Å². The van der Waals surface area contributed by atoms with Crippen molar-refractivity contribution in [3.63, 3.8) is 0 Å². The largest absolute Gasteiger partial charge is 0.496 e. The summed E-state index contributed by atoms with van der Waals surface area (Å²) < 4.78 is 10.7. The fraction of sp³-hybridized carbons (Fsp3) is 0.429. The van der Waals surface area contributed by atoms with Crippen LogP contribution in [-0.4, -0.2) is 24.3 Å². The molecule has 102 valence electrons. The third-order valence-corrected chi connectivity index (χ3v) is 3.09. The molecule has 0 spiro atoms. The fourth-order valence-corrected chi connectivity index (χ4v) is 1.97. The van der Waals surface area contributed by atoms with Crippen LogP contribution in [0.3, 0.4) is 0 Å². The van der Waals surface area contributed by atoms with Crippen molar-refractivity contribution in [2.45, 2.75) is 26.3 Å². The van der Waals surface area contributed by atoms with Crippen molar-refractivity contribution in [2.24, 2.45) is 0 Å². The number of methoxy groups -OCH3 is 1. The summed E-state index contributed by atoms with van der Waals surface area (Å²) in [6.07, 6.45) is 0.892. The van der Waals surface area contributed by atoms with Gasteiger partial charge in [-0.15, -0.1) is 0 Å². The lowest BCUT2D eigenvalue weighted by Gasteiger charge is -2.07. The van der Waals surface area contributed by atoms with Gasteiger partial charge in [-0.1, -0.05) is 18.1 Å². The van der Waals surface area contributed by atoms with Crippen molar-refractivity contribution in [3.05, 3.63) is 29.7 Å². The smallest absolute Gasteiger partial charge is 0.244 e. The minimum atomic E-state index is 0.0812. The Balaban J connectivity index is 2.37. The van der Waals surface area contributed by atoms with Crippen LogP contribution < -0.4 is 10.1 Å². The van der Waals surface area contributed by atoms with Crippen LogP contribution in [0.4, 0.5) is 0 Å². The number of rotatable bonds is 5. The molecule has 19 heavy (non-hydrogen) atoms. The lowest BCUT2D eigenvalue weighted by molar-refractivity contribution is 0.334. The number of ether oxygens (including phenoxy) is 1. The molecule has 5 heteroatoms. The summed E-state index contributed by atoms with van der Waals surface area (Å²) in [6.45, 7) is 4.08. The Morgan fingerprint density at radius 3 is 2.84 bits per heavy atom. The predicted molar refractivity (Wildman–Crippen MR) is 73.1 cm³/mol. The van der Waals surface area contributed by atoms with Crippen LogP contribution in [0.25, 0.3) is 11.4 Å². The SMILES string of the molecule is CCC(NC)c1nc(-c2ccc(C)cc2OC)no1. The molecule has 0 aliphatic rings. The van der Waals surface area contributed by atoms with E-state index in [0.29, 0.717) is 11.7 Å². The van der Waals surface area contributed by atoms with Gasteiger partial charge in [-0.2, -0.15) is 4.98 Å². The zero-order valence-electron chi connectivity index (χ0n) is 11.7. The molecule has 1 heterocycles. The molecule has 2 aromatic rings. The molecular formula is C14H19N3O2. The van der Waals surface area contributed by atoms with E-state index in [1.165, 1.54) is 0 Å². The van der Waals surface area contributed by atoms with Gasteiger partial charge in [0.2, 0.25) is 11.7 Å². The Bertz CT molecular complexity index is 547. The lowest BCUT2D eigenvalue weighted by atomic mass is 10.1. The Morgan fingerprint density at radius 2 is 2.21 bits per heavy atom. The maximum atomic E-state index is 5.37. The highest BCUT2D eigenvalue weighted by molar-refractivity contribution is 5.64. The molecule has 0 amide bonds. The van der Waals surface area contributed by atoms with E-state index in [1.54, 1.807) is 7.11 Å². The average Bonchev–Trinajstić information content (AvgIpc) is 2.89. The number of aryl methyl sites for hydroxylation is 1. The van der Waals surface area contributed by atoms with Crippen LogP contribution in [0, 0.1) is 6.92 Å². The molecule has 0 aliphatic heterocycles. The summed E-state index contributed by atoms with van der Waals surface area (Å²) in [6, 6.07) is 5.99. The molecule has 1 aromatic heterocycles. The van der Waals surface area contributed by atoms with Crippen molar-refractivity contribution < 1.29 is 9.26 Å². The zero-order chi connectivity index (χ0) is 13.8. The molecule has 1 atom stereocenters. The standard InChI is InChI=1S/C14H19N3O2/c1-5-11(15-3)14-16-13(17-19-14)10-7-6-9(2)8-12(10)18-4/h6-8,11,15H,5H2,1-4H3. The molecule has 0 bridgehead atoms. The lowest BCUT2D eigenvalue weighted by Crippen LogP contribution is -2.15. The van der Waals surface area contributed by atoms with Gasteiger partial charge in [-0.3, -0.25) is 0 Å². The number of benzene rings is 1. The Morgan fingerprint density at radius 1 is 1.42 bits per heavy atom. The number of nitrogens with one attached hydrogen (secondary N) is 1. The first-order valence-corrected chi connectivity index (χ1v) is 6.35. The minimum Gasteiger partial charge on any atom is -0.496 e. The van der Waals surface area contributed by atoms with Gasteiger partial charge in [0, 0.05) is 0 Å². The van der Waals surface area contributed by atoms with Crippen LogP contribution in [-0.2, 0) is 0 Å². The Labute approximate surface area is 113 Å². The summed E-state index contributed by atoms with van der Waals surface area (Å²) in [7, 11) is 3.52. The monoisotopic (exact) mass is 261 g/mol. The summed E-state index contributed by atoms with van der Waals surface area (Å²) in [5.74, 6) is 1.91. The third kappa shape index (κ3) is 2.76. The quantitative estimate of drug-likeness (QED) is 0.896. The molecule has 2 rings (SSSR count). The summed E-state index contributed by atoms with van der Waals surface area (Å²) in [5, 5.41) is 7.18. The van der Waals surface area contributed by atoms with Crippen molar-refractivity contribution >= 4 is 0 Å². The van der Waals surface area contributed by atoms with Crippen LogP contribution in [0.2, 0.25) is 0 Å². The maximum Gasteiger partial charge on any atom is 0.244 e. The van der Waals surface area contributed by atoms with Crippen molar-refractivity contribution in [1.82, 2.24) is 15.5 Å². The maximum absolute atomic E-state index is 5.37. The van der Waals surface area contributed by atoms with Gasteiger partial charge in [0.05, 0.1) is 18.7 Å². The summed E-state index contributed by atoms with van der Waals surface area (Å²) >= 11 is 0. The van der Waals surface area contributed by atoms with Crippen molar-refractivity contribution in [1.29, 1.82) is 0 Å². The van der Waals surface area contributed by atoms with E-state index in [9.17, 15) is 0 Å². The van der Waals surface area contributed by atoms with E-state index in [-0.39, 0.29) is 6.04 Å². The molecule has 5 nitrogen and oxygen atoms in total. The van der Waals surface area contributed by atoms with E-state index in [4.69, 9.17) is 9.26 Å². The highest BCUT2D eigenvalue weighted by Crippen LogP contribution is 2.29. The first-order valence-electron chi connectivity index (χ1n) is 6.35. The van der Waals surface area contributed by atoms with E-state index in [1.807, 2.05) is 32.2 Å². The first kappa shape index (κ1) is 13.5. The van der Waals surface area contributed by atoms with Gasteiger partial charge in [0.25, 0.3) is 0 Å². The van der Waals surface area contributed by atoms with E-state index in [2.05, 4.69) is 22.4 Å². The summed E-state index contributed by atoms with van der Waals surface area (Å²) in [4.78, 5) is 4.44. The van der Waals surface area contributed by atoms with Gasteiger partial charge in [0.1, 0.15) is 5.75 Å². The molecule has 0 saturated heterocycles. The Hall–Kier alpha value is -1.88. The fourth-order valence-electron chi connectivity index (χ4n) is 1.97. The van der Waals surface area contributed by atoms with Crippen LogP contribution in [0.1, 0.15) is 30.8 Å². The van der Waals surface area contributed by atoms with E-state index >= 15 is 0 Å². The topological polar surface area (TPSA) is 60.2 Å². The second-order valence-electron chi connectivity index (χ2n) is 4.41. The zero-order valence-corrected chi connectivity index (χ0v) is 11.7. The first-order chi connectivity index (χ1) is 9.19. The predicted octanol–water partition coefficient (Wildman–Crippen LogP) is 2.72. The molecule has 1 N–H and O–H groups in total. The van der Waals surface area contributed by atoms with Crippen molar-refractivity contribution in [2.75, 3.05) is 14.2 Å². The van der Waals surface area contributed by atoms with E-state index < -0.39 is 0 Å². The highest BCUT2D eigenvalue weighted by Gasteiger charge is 2.18. The number of hydrogen-bond acceptors (Lipinski definition) is 5. The molecule has 0 aliphatic carbocycles. The highest BCUT2D eigenvalue weighted by atomic mass is 16.5. The van der Waals surface area contributed by atoms with Crippen LogP contribution >= 0.6 is 0 Å². The summed E-state index contributed by atoms with van der Waals surface area (Å²) in [5.41, 5.74) is 1.97. The minimum absolute atomic E-state index is 0.0812. The molecule has 1 aromatic carbocycles. The molecule has 1 unspecified atom stereocenters. The van der Waals surface area contributed by atoms with Gasteiger partial charge in [0.15, 0.2) is 0 Å². The number of aromatic nitrogens is 2. The van der Waals surface area contributed by atoms with Crippen LogP contribution in [0.15, 0.2) is 22.7 Å². The molecule has 0 radical (unpaired) electrons. The second-order valence-corrected chi connectivity index (χ2v) is 4.41. The van der Waals surface area contributed by atoms with Gasteiger partial charge < -0.3 is 14.6 Å². The van der Waals surface area contributed by atoms with Gasteiger partial charge in [-0.25, -0.2) is 0 Å². The molecule has 0 saturated carbocycles. The number of nitrogens with zero attached hydrogens (tertiary/aromatic N) is 2. The second kappa shape index (κ2) is 5.84. The van der Waals surface area contributed by atoms with E-state index in [0.717, 1.165) is 23.3 Å². The molecular weight excluding hydrogens is 242 g/mol. The Kier molecular flexibility index (Phi) is 4.16. The van der Waals surface area contributed by atoms with Gasteiger partial charge in [-0.05, 0) is 38.1 Å². The third-order valence-electron chi connectivity index (χ3n) is 3.09.